The fourth-order valence-corrected chi connectivity index (χ4v) is 11.4. The lowest BCUT2D eigenvalue weighted by molar-refractivity contribution is -0.952. The summed E-state index contributed by atoms with van der Waals surface area (Å²) in [4.78, 5) is 50.4. The molecule has 1 aromatic carbocycles. The molecule has 2 spiro atoms. The number of nitrogens with two attached hydrogens (primary N) is 1. The number of rotatable bonds is 12. The highest BCUT2D eigenvalue weighted by Gasteiger charge is 2.84. The lowest BCUT2D eigenvalue weighted by Crippen LogP contribution is -2.84. The maximum atomic E-state index is 13.5. The number of aliphatic hydroxyl groups is 1. The molecule has 1 saturated heterocycles. The Morgan fingerprint density at radius 1 is 1.20 bits per heavy atom. The molecule has 50 heavy (non-hydrogen) atoms. The number of nitrogens with one attached hydrogen (secondary N) is 2. The summed E-state index contributed by atoms with van der Waals surface area (Å²) in [5, 5.41) is 16.8. The van der Waals surface area contributed by atoms with Crippen LogP contribution < -0.4 is 25.8 Å². The number of quaternary nitrogens is 1. The molecule has 1 aromatic rings. The van der Waals surface area contributed by atoms with Gasteiger partial charge in [0.05, 0.1) is 43.6 Å². The van der Waals surface area contributed by atoms with E-state index in [1.54, 1.807) is 14.2 Å². The average Bonchev–Trinajstić information content (AvgIpc) is 3.77. The number of primary amides is 1. The van der Waals surface area contributed by atoms with Crippen molar-refractivity contribution in [3.8, 4) is 11.5 Å². The highest BCUT2D eigenvalue weighted by atomic mass is 16.6. The second kappa shape index (κ2) is 11.8. The first-order chi connectivity index (χ1) is 23.5. The zero-order valence-electron chi connectivity index (χ0n) is 30.3. The number of carbonyl (C=O) groups excluding carboxylic acids is 4. The maximum Gasteiger partial charge on any atom is 0.415 e. The van der Waals surface area contributed by atoms with Crippen LogP contribution in [-0.2, 0) is 31.0 Å². The van der Waals surface area contributed by atoms with E-state index >= 15 is 0 Å². The van der Waals surface area contributed by atoms with Crippen molar-refractivity contribution >= 4 is 23.8 Å². The zero-order chi connectivity index (χ0) is 36.0. The Morgan fingerprint density at radius 3 is 2.58 bits per heavy atom. The van der Waals surface area contributed by atoms with Crippen molar-refractivity contribution in [3.63, 3.8) is 0 Å². The van der Waals surface area contributed by atoms with E-state index in [0.29, 0.717) is 17.5 Å². The van der Waals surface area contributed by atoms with Gasteiger partial charge in [0, 0.05) is 69.8 Å². The predicted molar refractivity (Wildman–Crippen MR) is 182 cm³/mol. The number of carbonyl (C=O) groups is 4. The third-order valence-electron chi connectivity index (χ3n) is 13.6. The minimum Gasteiger partial charge on any atom is -0.482 e. The van der Waals surface area contributed by atoms with E-state index in [9.17, 15) is 24.3 Å². The highest BCUT2D eigenvalue weighted by molar-refractivity contribution is 5.91. The number of likely N-dealkylation sites (N-methyl/N-ethyl adjacent to an activating group) is 2. The molecule has 0 radical (unpaired) electrons. The molecule has 2 heterocycles. The molecule has 5 N–H and O–H groups in total. The molecule has 0 aromatic heterocycles. The van der Waals surface area contributed by atoms with Gasteiger partial charge >= 0.3 is 6.09 Å². The van der Waals surface area contributed by atoms with Gasteiger partial charge in [0.1, 0.15) is 17.7 Å². The quantitative estimate of drug-likeness (QED) is 0.240. The normalized spacial score (nSPS) is 35.0. The van der Waals surface area contributed by atoms with Gasteiger partial charge in [-0.25, -0.2) is 4.79 Å². The summed E-state index contributed by atoms with van der Waals surface area (Å²) >= 11 is 0. The summed E-state index contributed by atoms with van der Waals surface area (Å²) in [6, 6.07) is 3.27. The van der Waals surface area contributed by atoms with E-state index < -0.39 is 41.1 Å². The Labute approximate surface area is 294 Å². The summed E-state index contributed by atoms with van der Waals surface area (Å²) < 4.78 is 20.8. The molecule has 8 rings (SSSR count). The van der Waals surface area contributed by atoms with E-state index in [0.717, 1.165) is 49.0 Å². The van der Waals surface area contributed by atoms with Gasteiger partial charge in [0.15, 0.2) is 11.5 Å². The summed E-state index contributed by atoms with van der Waals surface area (Å²) in [5.74, 6) is -0.120. The number of methoxy groups -OCH3 is 1. The Balaban J connectivity index is 1.17. The van der Waals surface area contributed by atoms with Crippen LogP contribution in [0.1, 0.15) is 76.8 Å². The standard InChI is InChI=1S/C37H53N5O8/c1-21(43)40-24(18-28(38)44)31(45)39-14-15-41(4)33(46)49-25-10-9-23-17-27-35-11-12-37(48-6,26(19-35)34(2,3)47)32-36(35,29(23)30(25)50-32)13-16-42(27,5)20-22-7-8-22/h9-10,22,24,26-27,32,47H,7-8,11-20H2,1-6H3,(H3-,38,39,40,43,44,45)/p+1/t24-,26+,27+,32+,35+,36-,37+,42?/m0/s1. The van der Waals surface area contributed by atoms with Crippen LogP contribution in [0, 0.1) is 17.3 Å². The van der Waals surface area contributed by atoms with Gasteiger partial charge in [-0.1, -0.05) is 6.07 Å². The second-order valence-electron chi connectivity index (χ2n) is 16.9. The Morgan fingerprint density at radius 2 is 1.94 bits per heavy atom. The largest absolute Gasteiger partial charge is 0.482 e. The van der Waals surface area contributed by atoms with Crippen molar-refractivity contribution in [3.05, 3.63) is 23.3 Å². The number of amides is 4. The number of fused-ring (bicyclic) bond motifs is 2. The first kappa shape index (κ1) is 35.0. The van der Waals surface area contributed by atoms with Gasteiger partial charge in [-0.3, -0.25) is 14.4 Å². The van der Waals surface area contributed by atoms with Crippen molar-refractivity contribution in [1.29, 1.82) is 0 Å². The molecular weight excluding hydrogens is 642 g/mol. The van der Waals surface area contributed by atoms with Crippen molar-refractivity contribution < 1.29 is 43.0 Å². The van der Waals surface area contributed by atoms with Gasteiger partial charge < -0.3 is 45.1 Å². The van der Waals surface area contributed by atoms with Crippen LogP contribution in [0.5, 0.6) is 11.5 Å². The number of ether oxygens (including phenoxy) is 3. The smallest absolute Gasteiger partial charge is 0.415 e. The fraction of sp³-hybridized carbons (Fsp3) is 0.730. The number of nitrogens with zero attached hydrogens (tertiary/aromatic N) is 2. The van der Waals surface area contributed by atoms with Crippen LogP contribution in [0.2, 0.25) is 0 Å². The van der Waals surface area contributed by atoms with Crippen LogP contribution in [0.4, 0.5) is 4.79 Å². The molecule has 13 heteroatoms. The van der Waals surface area contributed by atoms with Crippen LogP contribution in [-0.4, -0.2) is 115 Å². The van der Waals surface area contributed by atoms with E-state index in [2.05, 4.69) is 23.7 Å². The topological polar surface area (TPSA) is 170 Å². The zero-order valence-corrected chi connectivity index (χ0v) is 30.3. The maximum absolute atomic E-state index is 13.5. The predicted octanol–water partition coefficient (Wildman–Crippen LogP) is 1.75. The highest BCUT2D eigenvalue weighted by Crippen LogP contribution is 2.78. The number of hydrogen-bond acceptors (Lipinski definition) is 8. The molecule has 4 saturated carbocycles. The molecule has 274 valence electrons. The minimum absolute atomic E-state index is 0.0640. The van der Waals surface area contributed by atoms with Gasteiger partial charge in [-0.05, 0) is 57.6 Å². The monoisotopic (exact) mass is 696 g/mol. The van der Waals surface area contributed by atoms with Crippen LogP contribution in [0.3, 0.4) is 0 Å². The van der Waals surface area contributed by atoms with E-state index in [1.165, 1.54) is 42.3 Å². The van der Waals surface area contributed by atoms with Crippen molar-refractivity contribution in [1.82, 2.24) is 15.5 Å². The SMILES string of the molecule is CO[C@]12CC[C@@]3(C[C@@H]1C(C)(C)O)[C@H]1Cc4ccc(OC(=O)N(C)CCNC(=O)[C@H](CC(N)=O)NC(C)=O)c5c4[C@@]3(CC[N+]1(C)CC1CC1)[C@H]2O5. The van der Waals surface area contributed by atoms with E-state index in [4.69, 9.17) is 19.9 Å². The Hall–Kier alpha value is -3.42. The first-order valence-corrected chi connectivity index (χ1v) is 18.2. The lowest BCUT2D eigenvalue weighted by atomic mass is 9.33. The van der Waals surface area contributed by atoms with Crippen LogP contribution in [0.15, 0.2) is 12.1 Å². The molecule has 5 aliphatic carbocycles. The van der Waals surface area contributed by atoms with Crippen LogP contribution in [0.25, 0.3) is 0 Å². The number of piperidine rings is 1. The molecule has 1 unspecified atom stereocenters. The number of benzene rings is 1. The molecule has 7 aliphatic rings. The third kappa shape index (κ3) is 5.12. The molecular formula is C37H54N5O8+. The average molecular weight is 697 g/mol. The minimum atomic E-state index is -1.10. The van der Waals surface area contributed by atoms with Gasteiger partial charge in [0.2, 0.25) is 17.7 Å². The lowest BCUT2D eigenvalue weighted by Gasteiger charge is -2.75. The van der Waals surface area contributed by atoms with Crippen molar-refractivity contribution in [2.45, 2.75) is 107 Å². The number of hydrogen-bond donors (Lipinski definition) is 4. The molecule has 13 nitrogen and oxygen atoms in total. The molecule has 4 bridgehead atoms. The summed E-state index contributed by atoms with van der Waals surface area (Å²) in [5.41, 5.74) is 5.59. The van der Waals surface area contributed by atoms with Gasteiger partial charge in [-0.2, -0.15) is 0 Å². The second-order valence-corrected chi connectivity index (χ2v) is 16.9. The third-order valence-corrected chi connectivity index (χ3v) is 13.6. The van der Waals surface area contributed by atoms with Crippen molar-refractivity contribution in [2.75, 3.05) is 47.4 Å². The number of likely N-dealkylation sites (tertiary alicyclic amines) is 1. The fourth-order valence-electron chi connectivity index (χ4n) is 11.4. The summed E-state index contributed by atoms with van der Waals surface area (Å²) in [6.07, 6.45) is 5.91. The van der Waals surface area contributed by atoms with E-state index in [-0.39, 0.29) is 42.4 Å². The van der Waals surface area contributed by atoms with Crippen molar-refractivity contribution in [2.24, 2.45) is 23.0 Å². The first-order valence-electron chi connectivity index (χ1n) is 18.2. The summed E-state index contributed by atoms with van der Waals surface area (Å²) in [6.45, 7) is 7.50. The Kier molecular flexibility index (Phi) is 8.27. The van der Waals surface area contributed by atoms with Gasteiger partial charge in [0.25, 0.3) is 0 Å². The Bertz CT molecular complexity index is 1590. The van der Waals surface area contributed by atoms with Gasteiger partial charge in [-0.15, -0.1) is 0 Å². The molecule has 5 fully saturated rings. The molecule has 2 aliphatic heterocycles. The molecule has 4 amide bonds. The summed E-state index contributed by atoms with van der Waals surface area (Å²) in [7, 11) is 5.81. The van der Waals surface area contributed by atoms with E-state index in [1.807, 2.05) is 19.9 Å². The van der Waals surface area contributed by atoms with Crippen LogP contribution >= 0.6 is 0 Å². The molecule has 8 atom stereocenters.